The van der Waals surface area contributed by atoms with Crippen molar-refractivity contribution < 1.29 is 19.7 Å². The summed E-state index contributed by atoms with van der Waals surface area (Å²) in [7, 11) is 0. The third-order valence-electron chi connectivity index (χ3n) is 7.43. The summed E-state index contributed by atoms with van der Waals surface area (Å²) in [6.07, 6.45) is 0.895. The lowest BCUT2D eigenvalue weighted by Crippen LogP contribution is -2.46. The number of aliphatic hydroxyl groups is 1. The van der Waals surface area contributed by atoms with Gasteiger partial charge in [-0.2, -0.15) is 0 Å². The van der Waals surface area contributed by atoms with Gasteiger partial charge >= 0.3 is 5.97 Å². The van der Waals surface area contributed by atoms with Crippen molar-refractivity contribution in [2.24, 2.45) is 11.8 Å². The Kier molecular flexibility index (Phi) is 6.27. The Labute approximate surface area is 204 Å². The second-order valence-corrected chi connectivity index (χ2v) is 11.5. The summed E-state index contributed by atoms with van der Waals surface area (Å²) < 4.78 is 7.37. The van der Waals surface area contributed by atoms with Gasteiger partial charge in [0.1, 0.15) is 0 Å². The van der Waals surface area contributed by atoms with Crippen LogP contribution in [0.25, 0.3) is 10.1 Å². The number of rotatable bonds is 10. The molecule has 5 atom stereocenters. The Morgan fingerprint density at radius 1 is 1.26 bits per heavy atom. The molecule has 0 unspecified atom stereocenters. The molecule has 0 spiro atoms. The summed E-state index contributed by atoms with van der Waals surface area (Å²) in [6, 6.07) is 14.9. The molecule has 0 amide bonds. The Balaban J connectivity index is 1.14. The van der Waals surface area contributed by atoms with Gasteiger partial charge in [0.05, 0.1) is 24.7 Å². The molecule has 5 rings (SSSR count). The van der Waals surface area contributed by atoms with E-state index in [1.807, 2.05) is 19.1 Å². The Morgan fingerprint density at radius 3 is 2.88 bits per heavy atom. The third kappa shape index (κ3) is 4.65. The van der Waals surface area contributed by atoms with Gasteiger partial charge in [-0.1, -0.05) is 30.3 Å². The van der Waals surface area contributed by atoms with Crippen molar-refractivity contribution in [2.75, 3.05) is 13.2 Å². The molecule has 2 aromatic carbocycles. The van der Waals surface area contributed by atoms with E-state index >= 15 is 0 Å². The number of carbonyl (C=O) groups is 1. The number of aliphatic carboxylic acids is 1. The maximum absolute atomic E-state index is 11.5. The summed E-state index contributed by atoms with van der Waals surface area (Å²) in [5.41, 5.74) is 4.61. The largest absolute Gasteiger partial charge is 0.481 e. The highest BCUT2D eigenvalue weighted by Gasteiger charge is 2.60. The summed E-state index contributed by atoms with van der Waals surface area (Å²) in [5, 5.41) is 27.0. The molecule has 34 heavy (non-hydrogen) atoms. The van der Waals surface area contributed by atoms with E-state index in [4.69, 9.17) is 4.74 Å². The fourth-order valence-electron chi connectivity index (χ4n) is 5.68. The standard InChI is InChI=1S/C28H33NO4S/c1-16(21-6-4-5-19-12-22-25(24(19)21)26(22)27(31)32)33-15-20(30)14-29-28(2,3)13-17-7-8-23-18(11-17)9-10-34-23/h4-11,16,20,22,25-26,29-30H,12-15H2,1-3H3,(H,31,32)/t16-,20-,22+,25+,26-/m1/s1. The van der Waals surface area contributed by atoms with Gasteiger partial charge in [0.25, 0.3) is 0 Å². The molecule has 3 aromatic rings. The second-order valence-electron chi connectivity index (χ2n) is 10.5. The molecular weight excluding hydrogens is 446 g/mol. The van der Waals surface area contributed by atoms with E-state index in [1.165, 1.54) is 26.8 Å². The van der Waals surface area contributed by atoms with Crippen LogP contribution in [0.4, 0.5) is 0 Å². The smallest absolute Gasteiger partial charge is 0.307 e. The summed E-state index contributed by atoms with van der Waals surface area (Å²) in [6.45, 7) is 6.97. The highest BCUT2D eigenvalue weighted by atomic mass is 32.1. The molecule has 3 N–H and O–H groups in total. The fraction of sp³-hybridized carbons (Fsp3) is 0.464. The lowest BCUT2D eigenvalue weighted by molar-refractivity contribution is -0.139. The zero-order valence-corrected chi connectivity index (χ0v) is 20.8. The first-order valence-electron chi connectivity index (χ1n) is 12.1. The molecule has 1 saturated carbocycles. The van der Waals surface area contributed by atoms with E-state index in [1.54, 1.807) is 11.3 Å². The van der Waals surface area contributed by atoms with Gasteiger partial charge in [-0.3, -0.25) is 4.79 Å². The molecule has 0 aliphatic heterocycles. The molecule has 6 heteroatoms. The number of β-amino-alcohol motifs (C(OH)–C–C–N with tert-alkyl or cyclic N) is 1. The van der Waals surface area contributed by atoms with Crippen LogP contribution in [-0.2, 0) is 22.4 Å². The van der Waals surface area contributed by atoms with Crippen LogP contribution >= 0.6 is 11.3 Å². The van der Waals surface area contributed by atoms with E-state index < -0.39 is 12.1 Å². The molecule has 1 heterocycles. The monoisotopic (exact) mass is 479 g/mol. The van der Waals surface area contributed by atoms with Crippen molar-refractivity contribution >= 4 is 27.4 Å². The topological polar surface area (TPSA) is 78.8 Å². The van der Waals surface area contributed by atoms with Gasteiger partial charge in [0, 0.05) is 22.7 Å². The normalized spacial score (nSPS) is 22.9. The quantitative estimate of drug-likeness (QED) is 0.385. The Morgan fingerprint density at radius 2 is 2.09 bits per heavy atom. The zero-order chi connectivity index (χ0) is 24.0. The molecule has 1 fully saturated rings. The highest BCUT2D eigenvalue weighted by molar-refractivity contribution is 7.17. The molecule has 180 valence electrons. The van der Waals surface area contributed by atoms with Crippen molar-refractivity contribution in [1.29, 1.82) is 0 Å². The van der Waals surface area contributed by atoms with Crippen molar-refractivity contribution in [2.45, 2.75) is 57.3 Å². The number of carboxylic acid groups (broad SMARTS) is 1. The van der Waals surface area contributed by atoms with Crippen LogP contribution < -0.4 is 5.32 Å². The van der Waals surface area contributed by atoms with Crippen LogP contribution in [-0.4, -0.2) is 41.0 Å². The van der Waals surface area contributed by atoms with Gasteiger partial charge in [0.15, 0.2) is 0 Å². The molecule has 2 aliphatic rings. The number of hydrogen-bond acceptors (Lipinski definition) is 5. The van der Waals surface area contributed by atoms with Crippen molar-refractivity contribution in [3.05, 3.63) is 70.1 Å². The second kappa shape index (κ2) is 9.08. The lowest BCUT2D eigenvalue weighted by Gasteiger charge is -2.28. The first kappa shape index (κ1) is 23.5. The van der Waals surface area contributed by atoms with Gasteiger partial charge in [-0.05, 0) is 84.7 Å². The number of carboxylic acids is 1. The average Bonchev–Trinajstić information content (AvgIpc) is 3.12. The van der Waals surface area contributed by atoms with Gasteiger partial charge in [0.2, 0.25) is 0 Å². The Hall–Kier alpha value is -2.25. The zero-order valence-electron chi connectivity index (χ0n) is 20.0. The fourth-order valence-corrected chi connectivity index (χ4v) is 6.45. The summed E-state index contributed by atoms with van der Waals surface area (Å²) in [4.78, 5) is 11.5. The number of fused-ring (bicyclic) bond motifs is 4. The summed E-state index contributed by atoms with van der Waals surface area (Å²) >= 11 is 1.76. The van der Waals surface area contributed by atoms with E-state index in [9.17, 15) is 15.0 Å². The molecule has 0 radical (unpaired) electrons. The third-order valence-corrected chi connectivity index (χ3v) is 8.33. The minimum Gasteiger partial charge on any atom is -0.481 e. The molecule has 2 aliphatic carbocycles. The van der Waals surface area contributed by atoms with Gasteiger partial charge in [-0.25, -0.2) is 0 Å². The minimum absolute atomic E-state index is 0.121. The first-order valence-corrected chi connectivity index (χ1v) is 13.0. The van der Waals surface area contributed by atoms with Crippen molar-refractivity contribution in [1.82, 2.24) is 5.32 Å². The van der Waals surface area contributed by atoms with E-state index in [2.05, 4.69) is 54.9 Å². The van der Waals surface area contributed by atoms with Gasteiger partial charge < -0.3 is 20.3 Å². The van der Waals surface area contributed by atoms with Crippen LogP contribution in [0.5, 0.6) is 0 Å². The van der Waals surface area contributed by atoms with Crippen LogP contribution in [0, 0.1) is 11.8 Å². The minimum atomic E-state index is -0.691. The van der Waals surface area contributed by atoms with E-state index in [0.29, 0.717) is 6.54 Å². The van der Waals surface area contributed by atoms with Crippen LogP contribution in [0.2, 0.25) is 0 Å². The van der Waals surface area contributed by atoms with Crippen molar-refractivity contribution in [3.63, 3.8) is 0 Å². The highest BCUT2D eigenvalue weighted by Crippen LogP contribution is 2.62. The first-order chi connectivity index (χ1) is 16.2. The number of hydrogen-bond donors (Lipinski definition) is 3. The molecule has 1 aromatic heterocycles. The Bertz CT molecular complexity index is 1200. The molecule has 0 saturated heterocycles. The van der Waals surface area contributed by atoms with Crippen LogP contribution in [0.3, 0.4) is 0 Å². The average molecular weight is 480 g/mol. The van der Waals surface area contributed by atoms with Crippen molar-refractivity contribution in [3.8, 4) is 0 Å². The number of ether oxygens (including phenoxy) is 1. The van der Waals surface area contributed by atoms with Crippen LogP contribution in [0.1, 0.15) is 55.0 Å². The number of aliphatic hydroxyl groups excluding tert-OH is 1. The predicted octanol–water partition coefficient (Wildman–Crippen LogP) is 4.92. The predicted molar refractivity (Wildman–Crippen MR) is 135 cm³/mol. The maximum atomic E-state index is 11.5. The van der Waals surface area contributed by atoms with Crippen LogP contribution in [0.15, 0.2) is 47.8 Å². The number of benzene rings is 2. The lowest BCUT2D eigenvalue weighted by atomic mass is 9.94. The molecule has 0 bridgehead atoms. The molecule has 5 nitrogen and oxygen atoms in total. The molecular formula is C28H33NO4S. The maximum Gasteiger partial charge on any atom is 0.307 e. The summed E-state index contributed by atoms with van der Waals surface area (Å²) in [5.74, 6) is -0.588. The number of nitrogens with one attached hydrogen (secondary N) is 1. The SMILES string of the molecule is C[C@@H](OC[C@H](O)CNC(C)(C)Cc1ccc2sccc2c1)c1cccc2c1[C@@H]1[C@H](C2)[C@H]1C(=O)O. The van der Waals surface area contributed by atoms with E-state index in [0.717, 1.165) is 18.4 Å². The number of thiophene rings is 1. The van der Waals surface area contributed by atoms with E-state index in [-0.39, 0.29) is 36.0 Å². The van der Waals surface area contributed by atoms with Gasteiger partial charge in [-0.15, -0.1) is 11.3 Å².